The van der Waals surface area contributed by atoms with E-state index in [4.69, 9.17) is 25.2 Å². The molecule has 3 aromatic rings. The Morgan fingerprint density at radius 2 is 1.41 bits per heavy atom. The van der Waals surface area contributed by atoms with Gasteiger partial charge in [0.25, 0.3) is 0 Å². The molecule has 0 aliphatic rings. The van der Waals surface area contributed by atoms with Gasteiger partial charge >= 0.3 is 6.09 Å². The molecule has 0 fully saturated rings. The van der Waals surface area contributed by atoms with Gasteiger partial charge in [0.2, 0.25) is 5.91 Å². The van der Waals surface area contributed by atoms with Crippen LogP contribution >= 0.6 is 0 Å². The zero-order chi connectivity index (χ0) is 24.7. The molecule has 174 valence electrons. The van der Waals surface area contributed by atoms with Crippen LogP contribution in [0, 0.1) is 11.3 Å². The van der Waals surface area contributed by atoms with Gasteiger partial charge in [-0.1, -0.05) is 12.1 Å². The van der Waals surface area contributed by atoms with Crippen LogP contribution in [0.25, 0.3) is 0 Å². The molecule has 0 unspecified atom stereocenters. The van der Waals surface area contributed by atoms with E-state index < -0.39 is 17.6 Å². The Kier molecular flexibility index (Phi) is 7.39. The third-order valence-corrected chi connectivity index (χ3v) is 4.38. The number of carbonyl (C=O) groups is 2. The number of alkyl carbamates (subject to hydrolysis) is 1. The van der Waals surface area contributed by atoms with Gasteiger partial charge in [0, 0.05) is 18.2 Å². The first kappa shape index (κ1) is 24.1. The van der Waals surface area contributed by atoms with Crippen LogP contribution in [0.3, 0.4) is 0 Å². The van der Waals surface area contributed by atoms with Gasteiger partial charge < -0.3 is 25.3 Å². The van der Waals surface area contributed by atoms with Crippen LogP contribution in [0.15, 0.2) is 66.7 Å². The lowest BCUT2D eigenvalue weighted by atomic mass is 10.2. The third kappa shape index (κ3) is 7.28. The van der Waals surface area contributed by atoms with Crippen molar-refractivity contribution in [3.8, 4) is 29.1 Å². The average Bonchev–Trinajstić information content (AvgIpc) is 2.78. The fourth-order valence-corrected chi connectivity index (χ4v) is 2.87. The lowest BCUT2D eigenvalue weighted by Gasteiger charge is -2.19. The number of primary amides is 1. The number of carbonyl (C=O) groups excluding carboxylic acids is 2. The Labute approximate surface area is 197 Å². The Morgan fingerprint density at radius 1 is 0.882 bits per heavy atom. The van der Waals surface area contributed by atoms with Crippen LogP contribution in [-0.2, 0) is 11.3 Å². The summed E-state index contributed by atoms with van der Waals surface area (Å²) in [6.45, 7) is 5.70. The van der Waals surface area contributed by atoms with Gasteiger partial charge in [-0.25, -0.2) is 4.79 Å². The van der Waals surface area contributed by atoms with E-state index in [1.54, 1.807) is 75.4 Å². The number of benzene rings is 3. The molecule has 0 spiro atoms. The molecule has 0 bridgehead atoms. The normalized spacial score (nSPS) is 10.6. The molecule has 0 aromatic heterocycles. The minimum absolute atomic E-state index is 0.222. The SMILES string of the molecule is CC(C)(C)OC(=O)NCc1ccc(Oc2cc(Oc3ccc(C#N)cc3)cc(C(N)=O)c2)cc1. The highest BCUT2D eigenvalue weighted by Gasteiger charge is 2.15. The van der Waals surface area contributed by atoms with Crippen molar-refractivity contribution in [1.29, 1.82) is 5.26 Å². The molecule has 0 aliphatic carbocycles. The molecule has 3 aromatic carbocycles. The van der Waals surface area contributed by atoms with E-state index in [1.165, 1.54) is 12.1 Å². The van der Waals surface area contributed by atoms with Crippen LogP contribution in [0.1, 0.15) is 42.3 Å². The van der Waals surface area contributed by atoms with Crippen LogP contribution in [0.2, 0.25) is 0 Å². The first-order valence-electron chi connectivity index (χ1n) is 10.5. The minimum Gasteiger partial charge on any atom is -0.457 e. The predicted octanol–water partition coefficient (Wildman–Crippen LogP) is 5.27. The van der Waals surface area contributed by atoms with Gasteiger partial charge in [-0.2, -0.15) is 5.26 Å². The van der Waals surface area contributed by atoms with E-state index in [0.29, 0.717) is 35.1 Å². The molecule has 3 rings (SSSR count). The lowest BCUT2D eigenvalue weighted by molar-refractivity contribution is 0.0523. The molecule has 3 N–H and O–H groups in total. The quantitative estimate of drug-likeness (QED) is 0.496. The molecular formula is C26H25N3O5. The van der Waals surface area contributed by atoms with Gasteiger partial charge in [0.1, 0.15) is 28.6 Å². The Morgan fingerprint density at radius 3 is 1.88 bits per heavy atom. The van der Waals surface area contributed by atoms with Crippen molar-refractivity contribution in [3.05, 3.63) is 83.4 Å². The van der Waals surface area contributed by atoms with Crippen molar-refractivity contribution in [2.75, 3.05) is 0 Å². The second kappa shape index (κ2) is 10.4. The Hall–Kier alpha value is -4.51. The monoisotopic (exact) mass is 459 g/mol. The number of hydrogen-bond acceptors (Lipinski definition) is 6. The maximum absolute atomic E-state index is 11.8. The van der Waals surface area contributed by atoms with Gasteiger partial charge in [-0.15, -0.1) is 0 Å². The van der Waals surface area contributed by atoms with E-state index in [1.807, 2.05) is 6.07 Å². The smallest absolute Gasteiger partial charge is 0.407 e. The van der Waals surface area contributed by atoms with Gasteiger partial charge in [-0.3, -0.25) is 4.79 Å². The fraction of sp³-hybridized carbons (Fsp3) is 0.192. The van der Waals surface area contributed by atoms with Gasteiger partial charge in [0.05, 0.1) is 11.6 Å². The highest BCUT2D eigenvalue weighted by atomic mass is 16.6. The molecule has 34 heavy (non-hydrogen) atoms. The maximum atomic E-state index is 11.8. The number of nitrogens with one attached hydrogen (secondary N) is 1. The zero-order valence-corrected chi connectivity index (χ0v) is 19.1. The lowest BCUT2D eigenvalue weighted by Crippen LogP contribution is -2.32. The van der Waals surface area contributed by atoms with E-state index in [-0.39, 0.29) is 5.56 Å². The van der Waals surface area contributed by atoms with E-state index >= 15 is 0 Å². The third-order valence-electron chi connectivity index (χ3n) is 4.38. The Balaban J connectivity index is 1.69. The molecule has 0 atom stereocenters. The number of hydrogen-bond donors (Lipinski definition) is 2. The largest absolute Gasteiger partial charge is 0.457 e. The number of ether oxygens (including phenoxy) is 3. The van der Waals surface area contributed by atoms with E-state index in [2.05, 4.69) is 5.32 Å². The van der Waals surface area contributed by atoms with Gasteiger partial charge in [0.15, 0.2) is 0 Å². The molecule has 8 heteroatoms. The fourth-order valence-electron chi connectivity index (χ4n) is 2.87. The first-order valence-corrected chi connectivity index (χ1v) is 10.5. The van der Waals surface area contributed by atoms with Gasteiger partial charge in [-0.05, 0) is 74.9 Å². The van der Waals surface area contributed by atoms with Crippen molar-refractivity contribution in [2.45, 2.75) is 32.9 Å². The van der Waals surface area contributed by atoms with Crippen LogP contribution in [-0.4, -0.2) is 17.6 Å². The van der Waals surface area contributed by atoms with Crippen molar-refractivity contribution in [2.24, 2.45) is 5.73 Å². The molecule has 0 aliphatic heterocycles. The highest BCUT2D eigenvalue weighted by Crippen LogP contribution is 2.30. The highest BCUT2D eigenvalue weighted by molar-refractivity contribution is 5.93. The summed E-state index contributed by atoms with van der Waals surface area (Å²) in [5.74, 6) is 1.10. The first-order chi connectivity index (χ1) is 16.1. The topological polar surface area (TPSA) is 124 Å². The Bertz CT molecular complexity index is 1210. The molecule has 0 radical (unpaired) electrons. The molecule has 0 saturated carbocycles. The second-order valence-electron chi connectivity index (χ2n) is 8.40. The van der Waals surface area contributed by atoms with Crippen LogP contribution < -0.4 is 20.5 Å². The average molecular weight is 460 g/mol. The summed E-state index contributed by atoms with van der Waals surface area (Å²) in [5, 5.41) is 11.6. The molecule has 0 saturated heterocycles. The summed E-state index contributed by atoms with van der Waals surface area (Å²) < 4.78 is 16.9. The standard InChI is InChI=1S/C26H25N3O5/c1-26(2,3)34-25(31)29-16-18-6-10-21(11-7-18)33-23-13-19(24(28)30)12-22(14-23)32-20-8-4-17(15-27)5-9-20/h4-14H,16H2,1-3H3,(H2,28,30)(H,29,31). The van der Waals surface area contributed by atoms with Crippen molar-refractivity contribution in [1.82, 2.24) is 5.32 Å². The number of rotatable bonds is 7. The van der Waals surface area contributed by atoms with Crippen molar-refractivity contribution in [3.63, 3.8) is 0 Å². The second-order valence-corrected chi connectivity index (χ2v) is 8.40. The molecule has 8 nitrogen and oxygen atoms in total. The van der Waals surface area contributed by atoms with Crippen molar-refractivity contribution < 1.29 is 23.8 Å². The number of amides is 2. The van der Waals surface area contributed by atoms with E-state index in [0.717, 1.165) is 5.56 Å². The summed E-state index contributed by atoms with van der Waals surface area (Å²) in [6.07, 6.45) is -0.495. The van der Waals surface area contributed by atoms with Crippen molar-refractivity contribution >= 4 is 12.0 Å². The number of nitriles is 1. The minimum atomic E-state index is -0.626. The molecular weight excluding hydrogens is 434 g/mol. The maximum Gasteiger partial charge on any atom is 0.407 e. The predicted molar refractivity (Wildman–Crippen MR) is 126 cm³/mol. The molecule has 0 heterocycles. The van der Waals surface area contributed by atoms with Crippen LogP contribution in [0.4, 0.5) is 4.79 Å². The summed E-state index contributed by atoms with van der Waals surface area (Å²) in [7, 11) is 0. The zero-order valence-electron chi connectivity index (χ0n) is 19.1. The molecule has 2 amide bonds. The summed E-state index contributed by atoms with van der Waals surface area (Å²) in [6, 6.07) is 20.4. The van der Waals surface area contributed by atoms with E-state index in [9.17, 15) is 9.59 Å². The summed E-state index contributed by atoms with van der Waals surface area (Å²) in [5.41, 5.74) is 6.48. The summed E-state index contributed by atoms with van der Waals surface area (Å²) in [4.78, 5) is 23.6. The number of nitrogens with two attached hydrogens (primary N) is 1. The van der Waals surface area contributed by atoms with Crippen LogP contribution in [0.5, 0.6) is 23.0 Å². The summed E-state index contributed by atoms with van der Waals surface area (Å²) >= 11 is 0. The number of nitrogens with zero attached hydrogens (tertiary/aromatic N) is 1.